The second-order valence-corrected chi connectivity index (χ2v) is 5.31. The highest BCUT2D eigenvalue weighted by atomic mass is 16.6. The molecule has 1 N–H and O–H groups in total. The Kier molecular flexibility index (Phi) is 5.30. The minimum absolute atomic E-state index is 0.0795. The topological polar surface area (TPSA) is 62.7 Å². The molecule has 0 aliphatic carbocycles. The molecule has 0 unspecified atom stereocenters. The lowest BCUT2D eigenvalue weighted by molar-refractivity contribution is 0.0244. The third kappa shape index (κ3) is 5.26. The zero-order valence-corrected chi connectivity index (χ0v) is 12.0. The molecule has 1 aromatic rings. The van der Waals surface area contributed by atoms with E-state index in [1.807, 2.05) is 33.8 Å². The number of pyridine rings is 1. The fraction of sp³-hybridized carbons (Fsp3) is 0.571. The van der Waals surface area contributed by atoms with Crippen LogP contribution in [0.3, 0.4) is 0 Å². The smallest absolute Gasteiger partial charge is 0.410 e. The molecular formula is C14H22N2O3. The first-order valence-corrected chi connectivity index (χ1v) is 6.38. The van der Waals surface area contributed by atoms with Gasteiger partial charge in [-0.15, -0.1) is 0 Å². The van der Waals surface area contributed by atoms with Gasteiger partial charge < -0.3 is 14.7 Å². The predicted octanol–water partition coefficient (Wildman–Crippen LogP) is 2.33. The fourth-order valence-corrected chi connectivity index (χ4v) is 1.49. The van der Waals surface area contributed by atoms with Crippen LogP contribution >= 0.6 is 0 Å². The second-order valence-electron chi connectivity index (χ2n) is 5.31. The molecule has 0 aliphatic rings. The van der Waals surface area contributed by atoms with Gasteiger partial charge in [-0.1, -0.05) is 6.07 Å². The number of amides is 1. The van der Waals surface area contributed by atoms with Gasteiger partial charge in [0.2, 0.25) is 0 Å². The Morgan fingerprint density at radius 1 is 1.42 bits per heavy atom. The van der Waals surface area contributed by atoms with E-state index >= 15 is 0 Å². The number of nitrogens with zero attached hydrogens (tertiary/aromatic N) is 2. The summed E-state index contributed by atoms with van der Waals surface area (Å²) in [6.07, 6.45) is 1.33. The number of carbonyl (C=O) groups excluding carboxylic acids is 1. The summed E-state index contributed by atoms with van der Waals surface area (Å²) >= 11 is 0. The number of carbonyl (C=O) groups is 1. The van der Waals surface area contributed by atoms with Crippen molar-refractivity contribution in [2.24, 2.45) is 0 Å². The van der Waals surface area contributed by atoms with Gasteiger partial charge in [0.15, 0.2) is 0 Å². The number of hydrogen-bond donors (Lipinski definition) is 1. The van der Waals surface area contributed by atoms with Gasteiger partial charge in [-0.05, 0) is 39.3 Å². The largest absolute Gasteiger partial charge is 0.444 e. The highest BCUT2D eigenvalue weighted by molar-refractivity contribution is 5.68. The van der Waals surface area contributed by atoms with E-state index in [2.05, 4.69) is 4.98 Å². The van der Waals surface area contributed by atoms with Crippen molar-refractivity contribution in [1.82, 2.24) is 9.88 Å². The molecule has 1 aromatic heterocycles. The summed E-state index contributed by atoms with van der Waals surface area (Å²) in [6.45, 7) is 8.37. The molecule has 0 saturated heterocycles. The Bertz CT molecular complexity index is 410. The lowest BCUT2D eigenvalue weighted by Gasteiger charge is -2.26. The maximum atomic E-state index is 12.0. The van der Waals surface area contributed by atoms with Crippen LogP contribution in [-0.4, -0.2) is 33.2 Å². The molecule has 5 heteroatoms. The summed E-state index contributed by atoms with van der Waals surface area (Å²) in [5.41, 5.74) is 1.03. The Morgan fingerprint density at radius 2 is 2.11 bits per heavy atom. The fourth-order valence-electron chi connectivity index (χ4n) is 1.49. The number of aromatic nitrogens is 1. The highest BCUT2D eigenvalue weighted by Gasteiger charge is 2.21. The molecule has 0 bridgehead atoms. The van der Waals surface area contributed by atoms with Crippen LogP contribution in [0.2, 0.25) is 0 Å². The van der Waals surface area contributed by atoms with Gasteiger partial charge in [-0.3, -0.25) is 4.98 Å². The first-order chi connectivity index (χ1) is 8.85. The van der Waals surface area contributed by atoms with Crippen molar-refractivity contribution in [3.8, 4) is 0 Å². The van der Waals surface area contributed by atoms with Crippen molar-refractivity contribution in [1.29, 1.82) is 0 Å². The summed E-state index contributed by atoms with van der Waals surface area (Å²) < 4.78 is 5.33. The minimum atomic E-state index is -0.497. The molecule has 0 spiro atoms. The summed E-state index contributed by atoms with van der Waals surface area (Å²) in [5.74, 6) is 0. The number of rotatable bonds is 4. The van der Waals surface area contributed by atoms with Crippen LogP contribution in [0.15, 0.2) is 18.3 Å². The Labute approximate surface area is 114 Å². The van der Waals surface area contributed by atoms with Gasteiger partial charge in [0.25, 0.3) is 0 Å². The quantitative estimate of drug-likeness (QED) is 0.908. The van der Waals surface area contributed by atoms with Crippen molar-refractivity contribution in [3.05, 3.63) is 29.6 Å². The van der Waals surface area contributed by atoms with Gasteiger partial charge in [-0.25, -0.2) is 4.79 Å². The van der Waals surface area contributed by atoms with E-state index in [-0.39, 0.29) is 12.7 Å². The number of aliphatic hydroxyl groups is 1. The van der Waals surface area contributed by atoms with Gasteiger partial charge in [0, 0.05) is 12.7 Å². The molecule has 19 heavy (non-hydrogen) atoms. The number of aliphatic hydroxyl groups excluding tert-OH is 1. The minimum Gasteiger partial charge on any atom is -0.444 e. The third-order valence-electron chi connectivity index (χ3n) is 2.45. The van der Waals surface area contributed by atoms with Crippen molar-refractivity contribution in [2.75, 3.05) is 6.54 Å². The molecule has 0 atom stereocenters. The molecule has 0 aromatic carbocycles. The van der Waals surface area contributed by atoms with Crippen molar-refractivity contribution in [2.45, 2.75) is 46.4 Å². The molecule has 0 fully saturated rings. The molecular weight excluding hydrogens is 244 g/mol. The van der Waals surface area contributed by atoms with Gasteiger partial charge in [-0.2, -0.15) is 0 Å². The SMILES string of the molecule is CCN(Cc1ccc(CO)nc1)C(=O)OC(C)(C)C. The monoisotopic (exact) mass is 266 g/mol. The third-order valence-corrected chi connectivity index (χ3v) is 2.45. The van der Waals surface area contributed by atoms with Crippen molar-refractivity contribution in [3.63, 3.8) is 0 Å². The van der Waals surface area contributed by atoms with Crippen LogP contribution in [0.4, 0.5) is 4.79 Å². The predicted molar refractivity (Wildman–Crippen MR) is 72.5 cm³/mol. The molecule has 0 saturated carbocycles. The van der Waals surface area contributed by atoms with E-state index in [1.165, 1.54) is 0 Å². The van der Waals surface area contributed by atoms with Crippen LogP contribution < -0.4 is 0 Å². The average molecular weight is 266 g/mol. The molecule has 1 amide bonds. The first kappa shape index (κ1) is 15.4. The number of ether oxygens (including phenoxy) is 1. The lowest BCUT2D eigenvalue weighted by Crippen LogP contribution is -2.36. The maximum Gasteiger partial charge on any atom is 0.410 e. The molecule has 1 heterocycles. The standard InChI is InChI=1S/C14H22N2O3/c1-5-16(13(18)19-14(2,3)4)9-11-6-7-12(10-17)15-8-11/h6-8,17H,5,9-10H2,1-4H3. The molecule has 5 nitrogen and oxygen atoms in total. The van der Waals surface area contributed by atoms with E-state index < -0.39 is 5.60 Å². The van der Waals surface area contributed by atoms with Crippen molar-refractivity contribution < 1.29 is 14.6 Å². The van der Waals surface area contributed by atoms with Crippen molar-refractivity contribution >= 4 is 6.09 Å². The van der Waals surface area contributed by atoms with Gasteiger partial charge in [0.05, 0.1) is 18.8 Å². The van der Waals surface area contributed by atoms with E-state index in [0.717, 1.165) is 5.56 Å². The molecule has 1 rings (SSSR count). The zero-order valence-electron chi connectivity index (χ0n) is 12.0. The van der Waals surface area contributed by atoms with Crippen LogP contribution in [0.25, 0.3) is 0 Å². The van der Waals surface area contributed by atoms with E-state index in [1.54, 1.807) is 17.2 Å². The van der Waals surface area contributed by atoms with E-state index in [4.69, 9.17) is 9.84 Å². The second kappa shape index (κ2) is 6.52. The number of hydrogen-bond acceptors (Lipinski definition) is 4. The van der Waals surface area contributed by atoms with E-state index in [9.17, 15) is 4.79 Å². The van der Waals surface area contributed by atoms with Gasteiger partial charge >= 0.3 is 6.09 Å². The Morgan fingerprint density at radius 3 is 2.53 bits per heavy atom. The molecule has 0 aliphatic heterocycles. The highest BCUT2D eigenvalue weighted by Crippen LogP contribution is 2.12. The first-order valence-electron chi connectivity index (χ1n) is 6.38. The van der Waals surface area contributed by atoms with Crippen LogP contribution in [0.5, 0.6) is 0 Å². The Balaban J connectivity index is 2.67. The van der Waals surface area contributed by atoms with E-state index in [0.29, 0.717) is 18.8 Å². The Hall–Kier alpha value is -1.62. The van der Waals surface area contributed by atoms with Crippen LogP contribution in [0.1, 0.15) is 39.0 Å². The zero-order chi connectivity index (χ0) is 14.5. The van der Waals surface area contributed by atoms with Crippen LogP contribution in [0, 0.1) is 0 Å². The maximum absolute atomic E-state index is 12.0. The normalized spacial score (nSPS) is 11.2. The molecule has 106 valence electrons. The summed E-state index contributed by atoms with van der Waals surface area (Å²) in [7, 11) is 0. The summed E-state index contributed by atoms with van der Waals surface area (Å²) in [5, 5.41) is 8.93. The average Bonchev–Trinajstić information content (AvgIpc) is 2.34. The lowest BCUT2D eigenvalue weighted by atomic mass is 10.2. The molecule has 0 radical (unpaired) electrons. The van der Waals surface area contributed by atoms with Gasteiger partial charge in [0.1, 0.15) is 5.60 Å². The summed E-state index contributed by atoms with van der Waals surface area (Å²) in [6, 6.07) is 3.60. The summed E-state index contributed by atoms with van der Waals surface area (Å²) in [4.78, 5) is 17.7. The van der Waals surface area contributed by atoms with Crippen LogP contribution in [-0.2, 0) is 17.9 Å².